The van der Waals surface area contributed by atoms with E-state index in [1.54, 1.807) is 12.0 Å². The molecule has 0 unspecified atom stereocenters. The van der Waals surface area contributed by atoms with Crippen molar-refractivity contribution in [3.63, 3.8) is 0 Å². The number of carbonyl (C=O) groups excluding carboxylic acids is 2. The van der Waals surface area contributed by atoms with Gasteiger partial charge in [0.1, 0.15) is 5.82 Å². The number of anilines is 1. The standard InChI is InChI=1S/C15H18ClFN2O3/c1-9(8-22-2)19-7-10(5-14(19)20)15(21)18-11-3-4-13(17)12(16)6-11/h3-4,6,9-10H,5,7-8H2,1-2H3,(H,18,21)/t9-,10+/m0/s1. The Kier molecular flexibility index (Phi) is 5.37. The van der Waals surface area contributed by atoms with Crippen LogP contribution in [0.25, 0.3) is 0 Å². The second kappa shape index (κ2) is 7.07. The summed E-state index contributed by atoms with van der Waals surface area (Å²) < 4.78 is 18.1. The maximum Gasteiger partial charge on any atom is 0.229 e. The first-order chi connectivity index (χ1) is 10.4. The molecule has 1 aliphatic heterocycles. The molecule has 0 spiro atoms. The Morgan fingerprint density at radius 1 is 1.59 bits per heavy atom. The Labute approximate surface area is 133 Å². The Balaban J connectivity index is 1.99. The van der Waals surface area contributed by atoms with Crippen LogP contribution in [0.4, 0.5) is 10.1 Å². The van der Waals surface area contributed by atoms with Crippen LogP contribution in [0.3, 0.4) is 0 Å². The number of carbonyl (C=O) groups is 2. The number of likely N-dealkylation sites (tertiary alicyclic amines) is 1. The number of hydrogen-bond donors (Lipinski definition) is 1. The average Bonchev–Trinajstić information content (AvgIpc) is 2.85. The van der Waals surface area contributed by atoms with Crippen molar-refractivity contribution in [2.75, 3.05) is 25.6 Å². The molecule has 7 heteroatoms. The normalized spacial score (nSPS) is 19.4. The lowest BCUT2D eigenvalue weighted by Crippen LogP contribution is -2.38. The zero-order valence-electron chi connectivity index (χ0n) is 12.4. The number of amides is 2. The number of methoxy groups -OCH3 is 1. The van der Waals surface area contributed by atoms with Gasteiger partial charge >= 0.3 is 0 Å². The van der Waals surface area contributed by atoms with Gasteiger partial charge in [0.2, 0.25) is 11.8 Å². The van der Waals surface area contributed by atoms with E-state index in [1.807, 2.05) is 6.92 Å². The minimum Gasteiger partial charge on any atom is -0.383 e. The molecule has 1 aliphatic rings. The van der Waals surface area contributed by atoms with E-state index in [9.17, 15) is 14.0 Å². The highest BCUT2D eigenvalue weighted by atomic mass is 35.5. The summed E-state index contributed by atoms with van der Waals surface area (Å²) in [5, 5.41) is 2.60. The zero-order valence-corrected chi connectivity index (χ0v) is 13.2. The Morgan fingerprint density at radius 2 is 2.32 bits per heavy atom. The number of nitrogens with zero attached hydrogens (tertiary/aromatic N) is 1. The summed E-state index contributed by atoms with van der Waals surface area (Å²) in [4.78, 5) is 25.8. The van der Waals surface area contributed by atoms with Crippen LogP contribution in [0.2, 0.25) is 5.02 Å². The van der Waals surface area contributed by atoms with E-state index >= 15 is 0 Å². The van der Waals surface area contributed by atoms with Crippen molar-refractivity contribution in [3.05, 3.63) is 29.0 Å². The first-order valence-corrected chi connectivity index (χ1v) is 7.34. The molecule has 2 atom stereocenters. The third-order valence-corrected chi connectivity index (χ3v) is 3.95. The lowest BCUT2D eigenvalue weighted by molar-refractivity contribution is -0.130. The fourth-order valence-corrected chi connectivity index (χ4v) is 2.66. The largest absolute Gasteiger partial charge is 0.383 e. The summed E-state index contributed by atoms with van der Waals surface area (Å²) in [5.74, 6) is -1.32. The summed E-state index contributed by atoms with van der Waals surface area (Å²) >= 11 is 5.68. The molecule has 0 bridgehead atoms. The molecule has 2 rings (SSSR count). The molecule has 0 radical (unpaired) electrons. The average molecular weight is 329 g/mol. The van der Waals surface area contributed by atoms with Crippen molar-refractivity contribution in [1.82, 2.24) is 4.90 Å². The van der Waals surface area contributed by atoms with Crippen LogP contribution in [-0.4, -0.2) is 43.0 Å². The van der Waals surface area contributed by atoms with Gasteiger partial charge in [-0.05, 0) is 25.1 Å². The van der Waals surface area contributed by atoms with Crippen LogP contribution in [0.15, 0.2) is 18.2 Å². The molecule has 0 saturated carbocycles. The number of ether oxygens (including phenoxy) is 1. The molecule has 5 nitrogen and oxygen atoms in total. The summed E-state index contributed by atoms with van der Waals surface area (Å²) in [5.41, 5.74) is 0.409. The van der Waals surface area contributed by atoms with Crippen molar-refractivity contribution in [2.24, 2.45) is 5.92 Å². The second-order valence-electron chi connectivity index (χ2n) is 5.37. The van der Waals surface area contributed by atoms with Crippen LogP contribution >= 0.6 is 11.6 Å². The third kappa shape index (κ3) is 3.75. The highest BCUT2D eigenvalue weighted by molar-refractivity contribution is 6.31. The molecule has 0 aliphatic carbocycles. The molecule has 1 heterocycles. The number of halogens is 2. The summed E-state index contributed by atoms with van der Waals surface area (Å²) in [7, 11) is 1.57. The van der Waals surface area contributed by atoms with E-state index in [0.29, 0.717) is 18.8 Å². The quantitative estimate of drug-likeness (QED) is 0.902. The number of nitrogens with one attached hydrogen (secondary N) is 1. The fraction of sp³-hybridized carbons (Fsp3) is 0.467. The molecular formula is C15H18ClFN2O3. The number of rotatable bonds is 5. The number of hydrogen-bond acceptors (Lipinski definition) is 3. The molecule has 120 valence electrons. The Morgan fingerprint density at radius 3 is 2.95 bits per heavy atom. The van der Waals surface area contributed by atoms with Crippen LogP contribution in [-0.2, 0) is 14.3 Å². The first-order valence-electron chi connectivity index (χ1n) is 6.96. The molecule has 1 aromatic carbocycles. The van der Waals surface area contributed by atoms with E-state index in [1.165, 1.54) is 18.2 Å². The molecular weight excluding hydrogens is 311 g/mol. The fourth-order valence-electron chi connectivity index (χ4n) is 2.48. The van der Waals surface area contributed by atoms with Gasteiger partial charge in [0, 0.05) is 25.8 Å². The van der Waals surface area contributed by atoms with Crippen molar-refractivity contribution in [3.8, 4) is 0 Å². The van der Waals surface area contributed by atoms with Gasteiger partial charge in [0.15, 0.2) is 0 Å². The van der Waals surface area contributed by atoms with Gasteiger partial charge < -0.3 is 15.0 Å². The van der Waals surface area contributed by atoms with Gasteiger partial charge in [0.25, 0.3) is 0 Å². The first kappa shape index (κ1) is 16.7. The van der Waals surface area contributed by atoms with Gasteiger partial charge in [0.05, 0.1) is 23.6 Å². The topological polar surface area (TPSA) is 58.6 Å². The van der Waals surface area contributed by atoms with E-state index in [0.717, 1.165) is 0 Å². The van der Waals surface area contributed by atoms with Gasteiger partial charge in [-0.15, -0.1) is 0 Å². The van der Waals surface area contributed by atoms with E-state index < -0.39 is 11.7 Å². The molecule has 0 aromatic heterocycles. The maximum atomic E-state index is 13.1. The molecule has 1 aromatic rings. The maximum absolute atomic E-state index is 13.1. The van der Waals surface area contributed by atoms with E-state index in [4.69, 9.17) is 16.3 Å². The van der Waals surface area contributed by atoms with Crippen molar-refractivity contribution < 1.29 is 18.7 Å². The summed E-state index contributed by atoms with van der Waals surface area (Å²) in [6.45, 7) is 2.65. The Bertz CT molecular complexity index is 582. The number of benzene rings is 1. The molecule has 1 saturated heterocycles. The van der Waals surface area contributed by atoms with Crippen molar-refractivity contribution in [2.45, 2.75) is 19.4 Å². The predicted octanol–water partition coefficient (Wildman–Crippen LogP) is 2.30. The van der Waals surface area contributed by atoms with Crippen LogP contribution < -0.4 is 5.32 Å². The lowest BCUT2D eigenvalue weighted by Gasteiger charge is -2.23. The smallest absolute Gasteiger partial charge is 0.229 e. The minimum absolute atomic E-state index is 0.0596. The highest BCUT2D eigenvalue weighted by Gasteiger charge is 2.36. The van der Waals surface area contributed by atoms with Gasteiger partial charge in [-0.1, -0.05) is 11.6 Å². The van der Waals surface area contributed by atoms with Crippen molar-refractivity contribution in [1.29, 1.82) is 0 Å². The van der Waals surface area contributed by atoms with E-state index in [2.05, 4.69) is 5.32 Å². The van der Waals surface area contributed by atoms with Gasteiger partial charge in [-0.3, -0.25) is 9.59 Å². The molecule has 22 heavy (non-hydrogen) atoms. The molecule has 2 amide bonds. The van der Waals surface area contributed by atoms with Crippen LogP contribution in [0.1, 0.15) is 13.3 Å². The van der Waals surface area contributed by atoms with Gasteiger partial charge in [-0.2, -0.15) is 0 Å². The highest BCUT2D eigenvalue weighted by Crippen LogP contribution is 2.24. The lowest BCUT2D eigenvalue weighted by atomic mass is 10.1. The SMILES string of the molecule is COC[C@H](C)N1C[C@H](C(=O)Nc2ccc(F)c(Cl)c2)CC1=O. The van der Waals surface area contributed by atoms with Gasteiger partial charge in [-0.25, -0.2) is 4.39 Å². The summed E-state index contributed by atoms with van der Waals surface area (Å²) in [6.07, 6.45) is 0.162. The Hall–Kier alpha value is -1.66. The monoisotopic (exact) mass is 328 g/mol. The predicted molar refractivity (Wildman–Crippen MR) is 81.2 cm³/mol. The van der Waals surface area contributed by atoms with Crippen molar-refractivity contribution >= 4 is 29.1 Å². The van der Waals surface area contributed by atoms with E-state index in [-0.39, 0.29) is 29.3 Å². The minimum atomic E-state index is -0.546. The molecule has 1 fully saturated rings. The van der Waals surface area contributed by atoms with Crippen LogP contribution in [0.5, 0.6) is 0 Å². The third-order valence-electron chi connectivity index (χ3n) is 3.66. The summed E-state index contributed by atoms with van der Waals surface area (Å²) in [6, 6.07) is 3.89. The second-order valence-corrected chi connectivity index (χ2v) is 5.78. The zero-order chi connectivity index (χ0) is 16.3. The molecule has 1 N–H and O–H groups in total. The van der Waals surface area contributed by atoms with Crippen LogP contribution in [0, 0.1) is 11.7 Å².